The third kappa shape index (κ3) is 3.78. The topological polar surface area (TPSA) is 37.4 Å². The van der Waals surface area contributed by atoms with Gasteiger partial charge in [-0.3, -0.25) is 9.59 Å². The highest BCUT2D eigenvalue weighted by Crippen LogP contribution is 2.22. The third-order valence-corrected chi connectivity index (χ3v) is 4.21. The molecule has 1 fully saturated rings. The van der Waals surface area contributed by atoms with Crippen molar-refractivity contribution in [3.63, 3.8) is 0 Å². The van der Waals surface area contributed by atoms with Crippen LogP contribution in [0, 0.1) is 9.49 Å². The summed E-state index contributed by atoms with van der Waals surface area (Å²) < 4.78 is 1.11. The number of halogens is 1. The molecule has 0 aromatic heterocycles. The van der Waals surface area contributed by atoms with Crippen molar-refractivity contribution in [1.82, 2.24) is 4.90 Å². The van der Waals surface area contributed by atoms with Gasteiger partial charge >= 0.3 is 0 Å². The van der Waals surface area contributed by atoms with Crippen LogP contribution in [-0.4, -0.2) is 29.7 Å². The van der Waals surface area contributed by atoms with Crippen molar-refractivity contribution in [3.8, 4) is 0 Å². The zero-order chi connectivity index (χ0) is 13.8. The minimum Gasteiger partial charge on any atom is -0.335 e. The number of amides is 1. The van der Waals surface area contributed by atoms with Crippen LogP contribution in [0.1, 0.15) is 36.5 Å². The van der Waals surface area contributed by atoms with Gasteiger partial charge in [-0.2, -0.15) is 0 Å². The molecule has 102 valence electrons. The monoisotopic (exact) mass is 371 g/mol. The summed E-state index contributed by atoms with van der Waals surface area (Å²) >= 11 is 2.21. The predicted molar refractivity (Wildman–Crippen MR) is 83.1 cm³/mol. The molecule has 0 saturated carbocycles. The van der Waals surface area contributed by atoms with E-state index in [9.17, 15) is 9.59 Å². The summed E-state index contributed by atoms with van der Waals surface area (Å²) in [7, 11) is 0. The number of Topliss-reactive ketones (excluding diaryl/α,β-unsaturated/α-hetero) is 1. The molecule has 0 aliphatic carbocycles. The van der Waals surface area contributed by atoms with Crippen LogP contribution in [0.4, 0.5) is 0 Å². The Morgan fingerprint density at radius 1 is 1.37 bits per heavy atom. The Morgan fingerprint density at radius 2 is 2.05 bits per heavy atom. The van der Waals surface area contributed by atoms with Gasteiger partial charge < -0.3 is 4.90 Å². The maximum Gasteiger partial charge on any atom is 0.223 e. The van der Waals surface area contributed by atoms with Gasteiger partial charge in [-0.15, -0.1) is 0 Å². The maximum atomic E-state index is 12.1. The van der Waals surface area contributed by atoms with E-state index < -0.39 is 0 Å². The van der Waals surface area contributed by atoms with E-state index in [0.29, 0.717) is 17.9 Å². The first kappa shape index (κ1) is 14.5. The fourth-order valence-corrected chi connectivity index (χ4v) is 2.87. The van der Waals surface area contributed by atoms with Gasteiger partial charge in [0, 0.05) is 22.1 Å². The lowest BCUT2D eigenvalue weighted by Gasteiger charge is -2.15. The Kier molecular flexibility index (Phi) is 4.96. The molecule has 3 nitrogen and oxygen atoms in total. The van der Waals surface area contributed by atoms with Crippen LogP contribution >= 0.6 is 22.6 Å². The molecule has 1 amide bonds. The quantitative estimate of drug-likeness (QED) is 0.589. The molecule has 0 spiro atoms. The lowest BCUT2D eigenvalue weighted by molar-refractivity contribution is -0.127. The Bertz CT molecular complexity index is 470. The summed E-state index contributed by atoms with van der Waals surface area (Å²) in [6.45, 7) is 3.09. The van der Waals surface area contributed by atoms with Gasteiger partial charge in [0.15, 0.2) is 5.78 Å². The molecule has 1 saturated heterocycles. The molecule has 2 rings (SSSR count). The standard InChI is InChI=1S/C15H18INO2/c1-2-3-11-8-15(19)17(9-11)10-14(18)12-4-6-13(16)7-5-12/h4-7,11H,2-3,8-10H2,1H3. The summed E-state index contributed by atoms with van der Waals surface area (Å²) in [5.74, 6) is 0.584. The largest absolute Gasteiger partial charge is 0.335 e. The molecule has 1 aliphatic rings. The molecule has 1 unspecified atom stereocenters. The molecule has 1 atom stereocenters. The van der Waals surface area contributed by atoms with Gasteiger partial charge in [0.25, 0.3) is 0 Å². The Morgan fingerprint density at radius 3 is 2.68 bits per heavy atom. The molecular weight excluding hydrogens is 353 g/mol. The van der Waals surface area contributed by atoms with E-state index in [1.807, 2.05) is 24.3 Å². The Balaban J connectivity index is 1.96. The number of ketones is 1. The molecule has 19 heavy (non-hydrogen) atoms. The fraction of sp³-hybridized carbons (Fsp3) is 0.467. The summed E-state index contributed by atoms with van der Waals surface area (Å²) in [5, 5.41) is 0. The van der Waals surface area contributed by atoms with Crippen LogP contribution in [0.25, 0.3) is 0 Å². The fourth-order valence-electron chi connectivity index (χ4n) is 2.51. The predicted octanol–water partition coefficient (Wildman–Crippen LogP) is 3.12. The van der Waals surface area contributed by atoms with Crippen molar-refractivity contribution in [1.29, 1.82) is 0 Å². The van der Waals surface area contributed by atoms with Gasteiger partial charge in [-0.1, -0.05) is 25.5 Å². The second-order valence-electron chi connectivity index (χ2n) is 5.06. The summed E-state index contributed by atoms with van der Waals surface area (Å²) in [4.78, 5) is 25.7. The molecule has 1 aliphatic heterocycles. The van der Waals surface area contributed by atoms with E-state index in [-0.39, 0.29) is 18.2 Å². The highest BCUT2D eigenvalue weighted by atomic mass is 127. The van der Waals surface area contributed by atoms with Crippen molar-refractivity contribution in [3.05, 3.63) is 33.4 Å². The molecule has 4 heteroatoms. The first-order chi connectivity index (χ1) is 9.10. The number of hydrogen-bond acceptors (Lipinski definition) is 2. The van der Waals surface area contributed by atoms with E-state index in [4.69, 9.17) is 0 Å². The zero-order valence-electron chi connectivity index (χ0n) is 11.1. The number of nitrogens with zero attached hydrogens (tertiary/aromatic N) is 1. The number of benzene rings is 1. The smallest absolute Gasteiger partial charge is 0.223 e. The number of rotatable bonds is 5. The number of carbonyl (C=O) groups is 2. The molecule has 1 aromatic rings. The highest BCUT2D eigenvalue weighted by Gasteiger charge is 2.30. The SMILES string of the molecule is CCCC1CC(=O)N(CC(=O)c2ccc(I)cc2)C1. The lowest BCUT2D eigenvalue weighted by Crippen LogP contribution is -2.31. The summed E-state index contributed by atoms with van der Waals surface area (Å²) in [6, 6.07) is 7.49. The second kappa shape index (κ2) is 6.50. The van der Waals surface area contributed by atoms with Crippen molar-refractivity contribution in [2.75, 3.05) is 13.1 Å². The third-order valence-electron chi connectivity index (χ3n) is 3.49. The van der Waals surface area contributed by atoms with Crippen LogP contribution in [0.5, 0.6) is 0 Å². The molecule has 0 bridgehead atoms. The second-order valence-corrected chi connectivity index (χ2v) is 6.31. The first-order valence-electron chi connectivity index (χ1n) is 6.66. The van der Waals surface area contributed by atoms with Crippen molar-refractivity contribution < 1.29 is 9.59 Å². The number of hydrogen-bond donors (Lipinski definition) is 0. The molecule has 0 radical (unpaired) electrons. The Hall–Kier alpha value is -0.910. The molecule has 1 heterocycles. The van der Waals surface area contributed by atoms with E-state index in [2.05, 4.69) is 29.5 Å². The normalized spacial score (nSPS) is 18.9. The molecular formula is C15H18INO2. The number of likely N-dealkylation sites (tertiary alicyclic amines) is 1. The van der Waals surface area contributed by atoms with E-state index >= 15 is 0 Å². The van der Waals surface area contributed by atoms with Crippen LogP contribution in [0.3, 0.4) is 0 Å². The van der Waals surface area contributed by atoms with Gasteiger partial charge in [0.1, 0.15) is 0 Å². The average molecular weight is 371 g/mol. The van der Waals surface area contributed by atoms with Gasteiger partial charge in [-0.05, 0) is 47.1 Å². The lowest BCUT2D eigenvalue weighted by atomic mass is 10.0. The van der Waals surface area contributed by atoms with Crippen LogP contribution in [-0.2, 0) is 4.79 Å². The average Bonchev–Trinajstić information content (AvgIpc) is 2.71. The van der Waals surface area contributed by atoms with Gasteiger partial charge in [0.05, 0.1) is 6.54 Å². The van der Waals surface area contributed by atoms with Crippen LogP contribution < -0.4 is 0 Å². The zero-order valence-corrected chi connectivity index (χ0v) is 13.2. The van der Waals surface area contributed by atoms with Crippen molar-refractivity contribution in [2.24, 2.45) is 5.92 Å². The number of carbonyl (C=O) groups excluding carboxylic acids is 2. The maximum absolute atomic E-state index is 12.1. The van der Waals surface area contributed by atoms with Crippen LogP contribution in [0.2, 0.25) is 0 Å². The Labute approximate surface area is 127 Å². The van der Waals surface area contributed by atoms with Crippen molar-refractivity contribution >= 4 is 34.3 Å². The summed E-state index contributed by atoms with van der Waals surface area (Å²) in [6.07, 6.45) is 2.77. The first-order valence-corrected chi connectivity index (χ1v) is 7.74. The van der Waals surface area contributed by atoms with E-state index in [0.717, 1.165) is 23.0 Å². The van der Waals surface area contributed by atoms with Gasteiger partial charge in [-0.25, -0.2) is 0 Å². The minimum atomic E-state index is 0.0295. The highest BCUT2D eigenvalue weighted by molar-refractivity contribution is 14.1. The van der Waals surface area contributed by atoms with E-state index in [1.54, 1.807) is 4.90 Å². The summed E-state index contributed by atoms with van der Waals surface area (Å²) in [5.41, 5.74) is 0.687. The van der Waals surface area contributed by atoms with Crippen LogP contribution in [0.15, 0.2) is 24.3 Å². The molecule has 0 N–H and O–H groups in total. The minimum absolute atomic E-state index is 0.0295. The van der Waals surface area contributed by atoms with E-state index in [1.165, 1.54) is 0 Å². The van der Waals surface area contributed by atoms with Gasteiger partial charge in [0.2, 0.25) is 5.91 Å². The molecule has 1 aromatic carbocycles. The van der Waals surface area contributed by atoms with Crippen molar-refractivity contribution in [2.45, 2.75) is 26.2 Å².